The summed E-state index contributed by atoms with van der Waals surface area (Å²) in [6.07, 6.45) is 1.71. The minimum Gasteiger partial charge on any atom is -0.436 e. The summed E-state index contributed by atoms with van der Waals surface area (Å²) in [6.45, 7) is 0. The monoisotopic (exact) mass is 416 g/mol. The molecular weight excluding hydrogens is 403 g/mol. The molecule has 0 unspecified atom stereocenters. The Labute approximate surface area is 177 Å². The van der Waals surface area contributed by atoms with Crippen molar-refractivity contribution in [1.29, 1.82) is 0 Å². The lowest BCUT2D eigenvalue weighted by Crippen LogP contribution is -1.82. The fourth-order valence-electron chi connectivity index (χ4n) is 3.19. The molecule has 5 aromatic rings. The summed E-state index contributed by atoms with van der Waals surface area (Å²) in [5.41, 5.74) is 3.97. The lowest BCUT2D eigenvalue weighted by Gasteiger charge is -1.99. The molecule has 4 aromatic carbocycles. The zero-order chi connectivity index (χ0) is 19.8. The van der Waals surface area contributed by atoms with Crippen molar-refractivity contribution in [3.05, 3.63) is 94.5 Å². The highest BCUT2D eigenvalue weighted by Gasteiger charge is 2.09. The first-order valence-electron chi connectivity index (χ1n) is 9.05. The molecular formula is C24H14Cl2N2O. The third kappa shape index (κ3) is 3.63. The minimum absolute atomic E-state index is 0.556. The van der Waals surface area contributed by atoms with Crippen LogP contribution in [-0.2, 0) is 0 Å². The van der Waals surface area contributed by atoms with Gasteiger partial charge in [-0.25, -0.2) is 4.98 Å². The van der Waals surface area contributed by atoms with E-state index in [0.29, 0.717) is 21.5 Å². The molecule has 3 nitrogen and oxygen atoms in total. The first-order chi connectivity index (χ1) is 14.2. The van der Waals surface area contributed by atoms with E-state index in [-0.39, 0.29) is 0 Å². The molecule has 0 aliphatic heterocycles. The maximum absolute atomic E-state index is 6.20. The first-order valence-corrected chi connectivity index (χ1v) is 9.80. The summed E-state index contributed by atoms with van der Waals surface area (Å²) < 4.78 is 6.01. The third-order valence-corrected chi connectivity index (χ3v) is 5.25. The number of rotatable bonds is 3. The van der Waals surface area contributed by atoms with Crippen LogP contribution in [0, 0.1) is 0 Å². The molecule has 0 saturated carbocycles. The van der Waals surface area contributed by atoms with Gasteiger partial charge in [0.15, 0.2) is 5.58 Å². The van der Waals surface area contributed by atoms with E-state index in [9.17, 15) is 0 Å². The SMILES string of the molecule is Clc1ccc(C=Nc2ccc3nc(-c4ccc5ccccc5c4)oc3c2)c(Cl)c1. The van der Waals surface area contributed by atoms with Crippen molar-refractivity contribution < 1.29 is 4.42 Å². The highest BCUT2D eigenvalue weighted by Crippen LogP contribution is 2.29. The molecule has 0 N–H and O–H groups in total. The summed E-state index contributed by atoms with van der Waals surface area (Å²) in [4.78, 5) is 9.12. The Morgan fingerprint density at radius 3 is 2.55 bits per heavy atom. The molecule has 0 aliphatic rings. The van der Waals surface area contributed by atoms with Gasteiger partial charge in [0.25, 0.3) is 0 Å². The second kappa shape index (κ2) is 7.36. The molecule has 0 aliphatic carbocycles. The zero-order valence-corrected chi connectivity index (χ0v) is 16.7. The predicted molar refractivity (Wildman–Crippen MR) is 121 cm³/mol. The maximum Gasteiger partial charge on any atom is 0.227 e. The molecule has 5 rings (SSSR count). The number of aliphatic imine (C=N–C) groups is 1. The molecule has 1 aromatic heterocycles. The topological polar surface area (TPSA) is 38.4 Å². The van der Waals surface area contributed by atoms with Gasteiger partial charge in [0.05, 0.1) is 10.7 Å². The van der Waals surface area contributed by atoms with Crippen molar-refractivity contribution in [1.82, 2.24) is 4.98 Å². The molecule has 0 fully saturated rings. The fraction of sp³-hybridized carbons (Fsp3) is 0. The Kier molecular flexibility index (Phi) is 4.55. The quantitative estimate of drug-likeness (QED) is 0.282. The Balaban J connectivity index is 1.48. The summed E-state index contributed by atoms with van der Waals surface area (Å²) in [5, 5.41) is 3.49. The van der Waals surface area contributed by atoms with Crippen LogP contribution in [0.4, 0.5) is 5.69 Å². The van der Waals surface area contributed by atoms with Gasteiger partial charge in [0.1, 0.15) is 5.52 Å². The lowest BCUT2D eigenvalue weighted by atomic mass is 10.1. The van der Waals surface area contributed by atoms with Crippen LogP contribution in [0.3, 0.4) is 0 Å². The standard InChI is InChI=1S/C24H14Cl2N2O/c25-19-8-7-18(21(26)12-19)14-27-20-9-10-22-23(13-20)29-24(28-22)17-6-5-15-3-1-2-4-16(15)11-17/h1-14H. The number of hydrogen-bond donors (Lipinski definition) is 0. The number of halogens is 2. The van der Waals surface area contributed by atoms with Crippen LogP contribution in [0.25, 0.3) is 33.3 Å². The normalized spacial score (nSPS) is 11.7. The molecule has 0 amide bonds. The maximum atomic E-state index is 6.20. The van der Waals surface area contributed by atoms with E-state index >= 15 is 0 Å². The van der Waals surface area contributed by atoms with E-state index in [1.165, 1.54) is 5.39 Å². The van der Waals surface area contributed by atoms with E-state index in [2.05, 4.69) is 34.2 Å². The highest BCUT2D eigenvalue weighted by molar-refractivity contribution is 6.36. The fourth-order valence-corrected chi connectivity index (χ4v) is 3.65. The van der Waals surface area contributed by atoms with Crippen molar-refractivity contribution in [3.63, 3.8) is 0 Å². The van der Waals surface area contributed by atoms with Gasteiger partial charge >= 0.3 is 0 Å². The van der Waals surface area contributed by atoms with Crippen molar-refractivity contribution in [2.45, 2.75) is 0 Å². The van der Waals surface area contributed by atoms with E-state index in [4.69, 9.17) is 27.6 Å². The van der Waals surface area contributed by atoms with Crippen LogP contribution >= 0.6 is 23.2 Å². The van der Waals surface area contributed by atoms with Crippen LogP contribution in [0.5, 0.6) is 0 Å². The van der Waals surface area contributed by atoms with Gasteiger partial charge in [0.2, 0.25) is 5.89 Å². The molecule has 0 radical (unpaired) electrons. The van der Waals surface area contributed by atoms with E-state index in [1.54, 1.807) is 18.3 Å². The third-order valence-electron chi connectivity index (χ3n) is 4.68. The number of hydrogen-bond acceptors (Lipinski definition) is 3. The van der Waals surface area contributed by atoms with E-state index in [1.807, 2.05) is 42.5 Å². The second-order valence-corrected chi connectivity index (χ2v) is 7.50. The van der Waals surface area contributed by atoms with Gasteiger partial charge in [-0.15, -0.1) is 0 Å². The molecule has 0 saturated heterocycles. The van der Waals surface area contributed by atoms with Crippen molar-refractivity contribution in [3.8, 4) is 11.5 Å². The summed E-state index contributed by atoms with van der Waals surface area (Å²) >= 11 is 12.1. The Bertz CT molecular complexity index is 1390. The van der Waals surface area contributed by atoms with E-state index < -0.39 is 0 Å². The molecule has 1 heterocycles. The van der Waals surface area contributed by atoms with E-state index in [0.717, 1.165) is 27.7 Å². The van der Waals surface area contributed by atoms with Gasteiger partial charge < -0.3 is 4.42 Å². The smallest absolute Gasteiger partial charge is 0.227 e. The number of benzene rings is 4. The summed E-state index contributed by atoms with van der Waals surface area (Å²) in [5.74, 6) is 0.590. The van der Waals surface area contributed by atoms with Crippen molar-refractivity contribution >= 4 is 57.0 Å². The average molecular weight is 417 g/mol. The number of nitrogens with zero attached hydrogens (tertiary/aromatic N) is 2. The lowest BCUT2D eigenvalue weighted by molar-refractivity contribution is 0.620. The summed E-state index contributed by atoms with van der Waals surface area (Å²) in [7, 11) is 0. The first kappa shape index (κ1) is 17.9. The molecule has 29 heavy (non-hydrogen) atoms. The van der Waals surface area contributed by atoms with Gasteiger partial charge in [-0.3, -0.25) is 4.99 Å². The van der Waals surface area contributed by atoms with Gasteiger partial charge in [0, 0.05) is 28.4 Å². The number of aromatic nitrogens is 1. The predicted octanol–water partition coefficient (Wildman–Crippen LogP) is 7.71. The summed E-state index contributed by atoms with van der Waals surface area (Å²) in [6, 6.07) is 25.4. The minimum atomic E-state index is 0.556. The van der Waals surface area contributed by atoms with Crippen LogP contribution in [0.1, 0.15) is 5.56 Å². The van der Waals surface area contributed by atoms with Crippen molar-refractivity contribution in [2.24, 2.45) is 4.99 Å². The zero-order valence-electron chi connectivity index (χ0n) is 15.1. The average Bonchev–Trinajstić information content (AvgIpc) is 3.16. The van der Waals surface area contributed by atoms with Crippen LogP contribution in [0.15, 0.2) is 88.3 Å². The Morgan fingerprint density at radius 1 is 0.828 bits per heavy atom. The van der Waals surface area contributed by atoms with Gasteiger partial charge in [-0.05, 0) is 47.2 Å². The molecule has 5 heteroatoms. The Morgan fingerprint density at radius 2 is 1.69 bits per heavy atom. The second-order valence-electron chi connectivity index (χ2n) is 6.66. The number of fused-ring (bicyclic) bond motifs is 2. The Hall–Kier alpha value is -3.14. The molecule has 140 valence electrons. The largest absolute Gasteiger partial charge is 0.436 e. The van der Waals surface area contributed by atoms with Crippen LogP contribution in [-0.4, -0.2) is 11.2 Å². The molecule has 0 atom stereocenters. The van der Waals surface area contributed by atoms with Crippen LogP contribution < -0.4 is 0 Å². The molecule has 0 bridgehead atoms. The van der Waals surface area contributed by atoms with Gasteiger partial charge in [-0.2, -0.15) is 0 Å². The highest BCUT2D eigenvalue weighted by atomic mass is 35.5. The van der Waals surface area contributed by atoms with Crippen molar-refractivity contribution in [2.75, 3.05) is 0 Å². The van der Waals surface area contributed by atoms with Crippen LogP contribution in [0.2, 0.25) is 10.0 Å². The van der Waals surface area contributed by atoms with Gasteiger partial charge in [-0.1, -0.05) is 59.6 Å². The number of oxazole rings is 1. The molecule has 0 spiro atoms.